The number of carbonyl (C=O) groups is 3. The number of unbranched alkanes of at least 4 members (excludes halogenated alkanes) is 26. The van der Waals surface area contributed by atoms with Gasteiger partial charge in [-0.2, -0.15) is 0 Å². The van der Waals surface area contributed by atoms with Crippen LogP contribution < -0.4 is 0 Å². The number of allylic oxidation sites excluding steroid dienone is 20. The molecule has 0 aliphatic rings. The molecule has 0 fully saturated rings. The van der Waals surface area contributed by atoms with Crippen LogP contribution in [0.1, 0.15) is 271 Å². The molecule has 1 N–H and O–H groups in total. The first-order valence-electron chi connectivity index (χ1n) is 33.7. The highest BCUT2D eigenvalue weighted by Gasteiger charge is 2.25. The number of quaternary nitrogens is 1. The van der Waals surface area contributed by atoms with E-state index in [9.17, 15) is 19.5 Å². The Hall–Kier alpha value is -4.31. The van der Waals surface area contributed by atoms with Crippen LogP contribution >= 0.6 is 0 Å². The van der Waals surface area contributed by atoms with E-state index < -0.39 is 24.3 Å². The van der Waals surface area contributed by atoms with Crippen LogP contribution in [0.2, 0.25) is 0 Å². The fraction of sp³-hybridized carbons (Fsp3) is 0.689. The predicted molar refractivity (Wildman–Crippen MR) is 354 cm³/mol. The number of carboxylic acids is 1. The van der Waals surface area contributed by atoms with Crippen molar-refractivity contribution in [3.63, 3.8) is 0 Å². The molecule has 0 heterocycles. The van der Waals surface area contributed by atoms with E-state index in [-0.39, 0.29) is 32.2 Å². The third-order valence-corrected chi connectivity index (χ3v) is 14.2. The monoisotopic (exact) mass is 1160 g/mol. The van der Waals surface area contributed by atoms with E-state index in [1.54, 1.807) is 0 Å². The summed E-state index contributed by atoms with van der Waals surface area (Å²) in [7, 11) is 5.97. The molecule has 9 heteroatoms. The zero-order valence-corrected chi connectivity index (χ0v) is 54.1. The molecule has 2 atom stereocenters. The number of hydrogen-bond acceptors (Lipinski definition) is 7. The van der Waals surface area contributed by atoms with Gasteiger partial charge in [0.2, 0.25) is 0 Å². The molecule has 0 bridgehead atoms. The molecule has 0 radical (unpaired) electrons. The summed E-state index contributed by atoms with van der Waals surface area (Å²) in [4.78, 5) is 37.6. The minimum atomic E-state index is -1.52. The minimum absolute atomic E-state index is 0.179. The fourth-order valence-electron chi connectivity index (χ4n) is 9.06. The molecule has 0 aromatic heterocycles. The number of carbonyl (C=O) groups excluding carboxylic acids is 2. The van der Waals surface area contributed by atoms with Crippen LogP contribution in [-0.4, -0.2) is 87.4 Å². The van der Waals surface area contributed by atoms with Crippen LogP contribution in [0.15, 0.2) is 122 Å². The topological polar surface area (TPSA) is 108 Å². The maximum Gasteiger partial charge on any atom is 0.361 e. The normalized spacial score (nSPS) is 13.5. The lowest BCUT2D eigenvalue weighted by molar-refractivity contribution is -0.870. The fourth-order valence-corrected chi connectivity index (χ4v) is 9.06. The van der Waals surface area contributed by atoms with Gasteiger partial charge in [-0.3, -0.25) is 9.59 Å². The van der Waals surface area contributed by atoms with Gasteiger partial charge in [-0.15, -0.1) is 0 Å². The van der Waals surface area contributed by atoms with Crippen molar-refractivity contribution in [1.82, 2.24) is 0 Å². The van der Waals surface area contributed by atoms with Crippen molar-refractivity contribution in [3.05, 3.63) is 122 Å². The van der Waals surface area contributed by atoms with Gasteiger partial charge in [-0.05, 0) is 109 Å². The van der Waals surface area contributed by atoms with Crippen LogP contribution in [0.4, 0.5) is 0 Å². The third-order valence-electron chi connectivity index (χ3n) is 14.2. The molecule has 0 saturated carbocycles. The summed E-state index contributed by atoms with van der Waals surface area (Å²) in [5.41, 5.74) is 0. The van der Waals surface area contributed by atoms with E-state index in [1.165, 1.54) is 135 Å². The number of hydrogen-bond donors (Lipinski definition) is 1. The second kappa shape index (κ2) is 63.7. The smallest absolute Gasteiger partial charge is 0.361 e. The summed E-state index contributed by atoms with van der Waals surface area (Å²) in [6, 6.07) is 0. The molecule has 0 aliphatic carbocycles. The SMILES string of the molecule is CC/C=C\C/C=C\C/C=C\C/C=C\C/C=C\C/C=C\C/C=C\CCCCCCCCCC(=O)OC(COC(=O)CCCCCCCCCCCCCCCC/C=C\C/C=C\C/C=C\CCCCCCC)COC(OCC[N+](C)(C)C)C(=O)O. The number of esters is 2. The van der Waals surface area contributed by atoms with Gasteiger partial charge in [-0.25, -0.2) is 4.79 Å². The highest BCUT2D eigenvalue weighted by Crippen LogP contribution is 2.16. The van der Waals surface area contributed by atoms with Crippen LogP contribution in [0.5, 0.6) is 0 Å². The lowest BCUT2D eigenvalue weighted by atomic mass is 10.0. The van der Waals surface area contributed by atoms with Gasteiger partial charge in [0.05, 0.1) is 34.4 Å². The van der Waals surface area contributed by atoms with Gasteiger partial charge in [0.25, 0.3) is 6.29 Å². The first kappa shape index (κ1) is 78.7. The molecule has 2 unspecified atom stereocenters. The molecule has 474 valence electrons. The zero-order valence-electron chi connectivity index (χ0n) is 54.1. The molecular formula is C74H126NO8+. The molecule has 0 aromatic carbocycles. The average Bonchev–Trinajstić information content (AvgIpc) is 3.46. The van der Waals surface area contributed by atoms with Crippen molar-refractivity contribution in [3.8, 4) is 0 Å². The first-order chi connectivity index (χ1) is 40.6. The Morgan fingerprint density at radius 3 is 1.02 bits per heavy atom. The second-order valence-corrected chi connectivity index (χ2v) is 23.4. The van der Waals surface area contributed by atoms with Crippen molar-refractivity contribution in [2.24, 2.45) is 0 Å². The molecule has 0 saturated heterocycles. The summed E-state index contributed by atoms with van der Waals surface area (Å²) in [5, 5.41) is 9.74. The molecule has 83 heavy (non-hydrogen) atoms. The largest absolute Gasteiger partial charge is 0.477 e. The average molecular weight is 1160 g/mol. The summed E-state index contributed by atoms with van der Waals surface area (Å²) >= 11 is 0. The second-order valence-electron chi connectivity index (χ2n) is 23.4. The Morgan fingerprint density at radius 2 is 0.687 bits per heavy atom. The number of ether oxygens (including phenoxy) is 4. The van der Waals surface area contributed by atoms with E-state index >= 15 is 0 Å². The van der Waals surface area contributed by atoms with Gasteiger partial charge in [-0.1, -0.05) is 270 Å². The van der Waals surface area contributed by atoms with Crippen molar-refractivity contribution in [1.29, 1.82) is 0 Å². The van der Waals surface area contributed by atoms with Crippen molar-refractivity contribution < 1.29 is 42.9 Å². The molecule has 0 aromatic rings. The van der Waals surface area contributed by atoms with Gasteiger partial charge in [0.1, 0.15) is 13.2 Å². The van der Waals surface area contributed by atoms with Gasteiger partial charge in [0.15, 0.2) is 6.10 Å². The van der Waals surface area contributed by atoms with E-state index in [0.717, 1.165) is 103 Å². The van der Waals surface area contributed by atoms with Crippen LogP contribution in [0, 0.1) is 0 Å². The van der Waals surface area contributed by atoms with Crippen molar-refractivity contribution in [2.75, 3.05) is 47.5 Å². The molecule has 0 amide bonds. The summed E-state index contributed by atoms with van der Waals surface area (Å²) in [6.07, 6.45) is 87.2. The predicted octanol–water partition coefficient (Wildman–Crippen LogP) is 20.8. The lowest BCUT2D eigenvalue weighted by Gasteiger charge is -2.25. The quantitative estimate of drug-likeness (QED) is 0.0211. The van der Waals surface area contributed by atoms with Gasteiger partial charge in [0, 0.05) is 12.8 Å². The van der Waals surface area contributed by atoms with E-state index in [2.05, 4.69) is 135 Å². The Balaban J connectivity index is 4.21. The van der Waals surface area contributed by atoms with Crippen LogP contribution in [0.3, 0.4) is 0 Å². The maximum absolute atomic E-state index is 12.9. The summed E-state index contributed by atoms with van der Waals surface area (Å²) in [5.74, 6) is -2.02. The molecular weight excluding hydrogens is 1030 g/mol. The first-order valence-corrected chi connectivity index (χ1v) is 33.7. The number of rotatable bonds is 61. The maximum atomic E-state index is 12.9. The third kappa shape index (κ3) is 65.1. The molecule has 0 aliphatic heterocycles. The Morgan fingerprint density at radius 1 is 0.373 bits per heavy atom. The molecule has 9 nitrogen and oxygen atoms in total. The highest BCUT2D eigenvalue weighted by molar-refractivity contribution is 5.71. The Kier molecular flexibility index (Phi) is 60.4. The van der Waals surface area contributed by atoms with E-state index in [4.69, 9.17) is 18.9 Å². The summed E-state index contributed by atoms with van der Waals surface area (Å²) in [6.45, 7) is 4.74. The van der Waals surface area contributed by atoms with Gasteiger partial charge < -0.3 is 28.5 Å². The summed E-state index contributed by atoms with van der Waals surface area (Å²) < 4.78 is 22.9. The Labute approximate surface area is 510 Å². The standard InChI is InChI=1S/C74H125NO8/c1-6-8-10-12-14-16-18-20-22-24-26-28-30-32-34-36-38-40-42-44-46-48-50-52-54-56-58-60-62-64-71(76)81-68-70(69-82-74(73(78)79)80-67-66-75(3,4)5)83-72(77)65-63-61-59-57-55-53-51-49-47-45-43-41-39-37-35-33-31-29-27-25-23-21-19-17-15-13-11-9-7-2/h9,11,15,17-18,20-21,23-24,26-27,29-30,32-33,35,39,41,45,47,70,74H,6-8,10,12-14,16,19,22,25,28,31,34,36-38,40,42-44,46,48-69H2,1-5H3/p+1/b11-9-,17-15-,20-18-,23-21-,26-24-,29-27-,32-30-,35-33-,41-39-,47-45-. The molecule has 0 rings (SSSR count). The number of carboxylic acid groups (broad SMARTS) is 1. The molecule has 0 spiro atoms. The minimum Gasteiger partial charge on any atom is -0.477 e. The zero-order chi connectivity index (χ0) is 60.5. The van der Waals surface area contributed by atoms with Crippen LogP contribution in [0.25, 0.3) is 0 Å². The number of likely N-dealkylation sites (N-methyl/N-ethyl adjacent to an activating group) is 1. The number of aliphatic carboxylic acids is 1. The Bertz CT molecular complexity index is 1780. The lowest BCUT2D eigenvalue weighted by Crippen LogP contribution is -2.40. The van der Waals surface area contributed by atoms with Crippen LogP contribution in [-0.2, 0) is 33.3 Å². The van der Waals surface area contributed by atoms with Gasteiger partial charge >= 0.3 is 17.9 Å². The number of nitrogens with zero attached hydrogens (tertiary/aromatic N) is 1. The van der Waals surface area contributed by atoms with E-state index in [0.29, 0.717) is 23.9 Å². The highest BCUT2D eigenvalue weighted by atomic mass is 16.7. The van der Waals surface area contributed by atoms with Crippen molar-refractivity contribution in [2.45, 2.75) is 283 Å². The van der Waals surface area contributed by atoms with Crippen molar-refractivity contribution >= 4 is 17.9 Å². The van der Waals surface area contributed by atoms with E-state index in [1.807, 2.05) is 21.1 Å².